The Hall–Kier alpha value is -2.66. The number of thiazole rings is 1. The number of carbonyl (C=O) groups is 1. The largest absolute Gasteiger partial charge is 0.489 e. The topological polar surface area (TPSA) is 59.4 Å². The predicted octanol–water partition coefficient (Wildman–Crippen LogP) is 4.09. The standard InChI is InChI=1S/C17H13NO3S/c19-17(20)13-6-4-12(5-7-13)9-21-15-3-1-2-14(8-15)16-10-22-11-18-16/h1-8,10-11H,9H2,(H,19,20). The lowest BCUT2D eigenvalue weighted by molar-refractivity contribution is 0.0697. The fourth-order valence-corrected chi connectivity index (χ4v) is 2.57. The second-order valence-corrected chi connectivity index (χ2v) is 5.41. The number of aromatic nitrogens is 1. The van der Waals surface area contributed by atoms with Gasteiger partial charge in [-0.1, -0.05) is 24.3 Å². The Morgan fingerprint density at radius 3 is 2.68 bits per heavy atom. The molecule has 0 saturated heterocycles. The average Bonchev–Trinajstić information content (AvgIpc) is 3.08. The molecule has 0 atom stereocenters. The van der Waals surface area contributed by atoms with Crippen molar-refractivity contribution < 1.29 is 14.6 Å². The van der Waals surface area contributed by atoms with Gasteiger partial charge in [-0.2, -0.15) is 0 Å². The van der Waals surface area contributed by atoms with E-state index in [0.717, 1.165) is 22.6 Å². The number of ether oxygens (including phenoxy) is 1. The van der Waals surface area contributed by atoms with E-state index in [1.165, 1.54) is 0 Å². The fraction of sp³-hybridized carbons (Fsp3) is 0.0588. The van der Waals surface area contributed by atoms with Gasteiger partial charge in [0.25, 0.3) is 0 Å². The van der Waals surface area contributed by atoms with Gasteiger partial charge in [0.05, 0.1) is 16.8 Å². The molecule has 22 heavy (non-hydrogen) atoms. The molecule has 0 unspecified atom stereocenters. The molecule has 110 valence electrons. The van der Waals surface area contributed by atoms with Crippen molar-refractivity contribution in [2.45, 2.75) is 6.61 Å². The Morgan fingerprint density at radius 2 is 2.00 bits per heavy atom. The smallest absolute Gasteiger partial charge is 0.335 e. The molecule has 0 aliphatic heterocycles. The average molecular weight is 311 g/mol. The van der Waals surface area contributed by atoms with Crippen molar-refractivity contribution in [2.24, 2.45) is 0 Å². The molecular weight excluding hydrogens is 298 g/mol. The molecule has 2 aromatic carbocycles. The molecule has 0 bridgehead atoms. The Morgan fingerprint density at radius 1 is 1.18 bits per heavy atom. The molecule has 1 aromatic heterocycles. The summed E-state index contributed by atoms with van der Waals surface area (Å²) in [7, 11) is 0. The summed E-state index contributed by atoms with van der Waals surface area (Å²) in [5.74, 6) is -0.170. The van der Waals surface area contributed by atoms with Gasteiger partial charge in [0, 0.05) is 10.9 Å². The number of rotatable bonds is 5. The highest BCUT2D eigenvalue weighted by Gasteiger charge is 2.04. The zero-order valence-corrected chi connectivity index (χ0v) is 12.4. The van der Waals surface area contributed by atoms with Gasteiger partial charge < -0.3 is 9.84 Å². The lowest BCUT2D eigenvalue weighted by atomic mass is 10.1. The van der Waals surface area contributed by atoms with Crippen molar-refractivity contribution in [3.8, 4) is 17.0 Å². The van der Waals surface area contributed by atoms with E-state index in [0.29, 0.717) is 6.61 Å². The van der Waals surface area contributed by atoms with Gasteiger partial charge in [0.15, 0.2) is 0 Å². The molecule has 3 rings (SSSR count). The minimum absolute atomic E-state index is 0.272. The zero-order chi connectivity index (χ0) is 15.4. The highest BCUT2D eigenvalue weighted by atomic mass is 32.1. The van der Waals surface area contributed by atoms with E-state index in [2.05, 4.69) is 4.98 Å². The molecule has 0 saturated carbocycles. The van der Waals surface area contributed by atoms with Gasteiger partial charge >= 0.3 is 5.97 Å². The zero-order valence-electron chi connectivity index (χ0n) is 11.6. The summed E-state index contributed by atoms with van der Waals surface area (Å²) < 4.78 is 5.76. The summed E-state index contributed by atoms with van der Waals surface area (Å²) in [4.78, 5) is 15.1. The van der Waals surface area contributed by atoms with Crippen molar-refractivity contribution in [1.82, 2.24) is 4.98 Å². The monoisotopic (exact) mass is 311 g/mol. The van der Waals surface area contributed by atoms with Gasteiger partial charge in [-0.25, -0.2) is 9.78 Å². The van der Waals surface area contributed by atoms with Crippen LogP contribution in [0.3, 0.4) is 0 Å². The summed E-state index contributed by atoms with van der Waals surface area (Å²) in [6.07, 6.45) is 0. The number of nitrogens with zero attached hydrogens (tertiary/aromatic N) is 1. The Labute approximate surface area is 131 Å². The molecule has 4 nitrogen and oxygen atoms in total. The van der Waals surface area contributed by atoms with E-state index >= 15 is 0 Å². The van der Waals surface area contributed by atoms with Gasteiger partial charge in [0.2, 0.25) is 0 Å². The Bertz CT molecular complexity index is 767. The van der Waals surface area contributed by atoms with Crippen molar-refractivity contribution >= 4 is 17.3 Å². The molecule has 5 heteroatoms. The minimum Gasteiger partial charge on any atom is -0.489 e. The number of aromatic carboxylic acids is 1. The van der Waals surface area contributed by atoms with E-state index in [1.807, 2.05) is 29.6 Å². The first-order valence-corrected chi connectivity index (χ1v) is 7.60. The molecule has 0 aliphatic carbocycles. The normalized spacial score (nSPS) is 10.4. The third-order valence-electron chi connectivity index (χ3n) is 3.17. The summed E-state index contributed by atoms with van der Waals surface area (Å²) >= 11 is 1.55. The Balaban J connectivity index is 1.69. The maximum atomic E-state index is 10.8. The number of hydrogen-bond donors (Lipinski definition) is 1. The van der Waals surface area contributed by atoms with E-state index in [9.17, 15) is 4.79 Å². The maximum absolute atomic E-state index is 10.8. The minimum atomic E-state index is -0.927. The van der Waals surface area contributed by atoms with Crippen LogP contribution in [-0.2, 0) is 6.61 Å². The van der Waals surface area contributed by atoms with Crippen molar-refractivity contribution in [2.75, 3.05) is 0 Å². The molecule has 0 amide bonds. The fourth-order valence-electron chi connectivity index (χ4n) is 2.01. The first-order chi connectivity index (χ1) is 10.7. The molecule has 1 N–H and O–H groups in total. The summed E-state index contributed by atoms with van der Waals surface area (Å²) in [6, 6.07) is 14.4. The third kappa shape index (κ3) is 3.32. The van der Waals surface area contributed by atoms with Crippen LogP contribution in [-0.4, -0.2) is 16.1 Å². The van der Waals surface area contributed by atoms with Crippen molar-refractivity contribution in [3.63, 3.8) is 0 Å². The van der Waals surface area contributed by atoms with E-state index in [1.54, 1.807) is 41.1 Å². The van der Waals surface area contributed by atoms with E-state index in [4.69, 9.17) is 9.84 Å². The van der Waals surface area contributed by atoms with Crippen LogP contribution in [0.5, 0.6) is 5.75 Å². The second-order valence-electron chi connectivity index (χ2n) is 4.69. The van der Waals surface area contributed by atoms with Crippen LogP contribution in [0, 0.1) is 0 Å². The number of hydrogen-bond acceptors (Lipinski definition) is 4. The number of carboxylic acids is 1. The molecule has 0 spiro atoms. The van der Waals surface area contributed by atoms with Gasteiger partial charge in [-0.15, -0.1) is 11.3 Å². The van der Waals surface area contributed by atoms with Gasteiger partial charge in [0.1, 0.15) is 12.4 Å². The predicted molar refractivity (Wildman–Crippen MR) is 85.3 cm³/mol. The van der Waals surface area contributed by atoms with Gasteiger partial charge in [-0.05, 0) is 29.8 Å². The summed E-state index contributed by atoms with van der Waals surface area (Å²) in [5.41, 5.74) is 4.94. The molecule has 0 aliphatic rings. The van der Waals surface area contributed by atoms with Crippen molar-refractivity contribution in [3.05, 3.63) is 70.5 Å². The summed E-state index contributed by atoms with van der Waals surface area (Å²) in [5, 5.41) is 10.9. The van der Waals surface area contributed by atoms with E-state index < -0.39 is 5.97 Å². The molecule has 3 aromatic rings. The van der Waals surface area contributed by atoms with Crippen LogP contribution in [0.1, 0.15) is 15.9 Å². The third-order valence-corrected chi connectivity index (χ3v) is 3.75. The first kappa shape index (κ1) is 14.3. The Kier molecular flexibility index (Phi) is 4.16. The molecular formula is C17H13NO3S. The van der Waals surface area contributed by atoms with Crippen LogP contribution < -0.4 is 4.74 Å². The van der Waals surface area contributed by atoms with Gasteiger partial charge in [-0.3, -0.25) is 0 Å². The lowest BCUT2D eigenvalue weighted by Gasteiger charge is -2.08. The number of benzene rings is 2. The van der Waals surface area contributed by atoms with Crippen LogP contribution in [0.25, 0.3) is 11.3 Å². The maximum Gasteiger partial charge on any atom is 0.335 e. The first-order valence-electron chi connectivity index (χ1n) is 6.66. The van der Waals surface area contributed by atoms with Crippen LogP contribution in [0.15, 0.2) is 59.4 Å². The molecule has 0 fully saturated rings. The van der Waals surface area contributed by atoms with Crippen molar-refractivity contribution in [1.29, 1.82) is 0 Å². The quantitative estimate of drug-likeness (QED) is 0.771. The highest BCUT2D eigenvalue weighted by Crippen LogP contribution is 2.24. The van der Waals surface area contributed by atoms with E-state index in [-0.39, 0.29) is 5.56 Å². The molecule has 1 heterocycles. The summed E-state index contributed by atoms with van der Waals surface area (Å²) in [6.45, 7) is 0.389. The highest BCUT2D eigenvalue weighted by molar-refractivity contribution is 7.07. The van der Waals surface area contributed by atoms with Crippen LogP contribution >= 0.6 is 11.3 Å². The molecule has 0 radical (unpaired) electrons. The SMILES string of the molecule is O=C(O)c1ccc(COc2cccc(-c3cscn3)c2)cc1. The second kappa shape index (κ2) is 6.41. The van der Waals surface area contributed by atoms with Crippen LogP contribution in [0.4, 0.5) is 0 Å². The lowest BCUT2D eigenvalue weighted by Crippen LogP contribution is -1.99. The number of carboxylic acid groups (broad SMARTS) is 1. The van der Waals surface area contributed by atoms with Crippen LogP contribution in [0.2, 0.25) is 0 Å².